The summed E-state index contributed by atoms with van der Waals surface area (Å²) >= 11 is 4.84. The average Bonchev–Trinajstić information content (AvgIpc) is 2.32. The van der Waals surface area contributed by atoms with E-state index in [0.29, 0.717) is 30.8 Å². The highest BCUT2D eigenvalue weighted by Crippen LogP contribution is 2.13. The van der Waals surface area contributed by atoms with Crippen molar-refractivity contribution in [3.63, 3.8) is 0 Å². The van der Waals surface area contributed by atoms with E-state index in [4.69, 9.17) is 28.2 Å². The Morgan fingerprint density at radius 3 is 2.39 bits per heavy atom. The van der Waals surface area contributed by atoms with Gasteiger partial charge in [0, 0.05) is 30.8 Å². The lowest BCUT2D eigenvalue weighted by molar-refractivity contribution is 0.154. The number of aliphatic hydroxyl groups excluding tert-OH is 2. The molecule has 0 heterocycles. The van der Waals surface area contributed by atoms with Gasteiger partial charge in [-0.05, 0) is 18.2 Å². The summed E-state index contributed by atoms with van der Waals surface area (Å²) in [6, 6.07) is 4.45. The van der Waals surface area contributed by atoms with Crippen molar-refractivity contribution in [2.75, 3.05) is 26.3 Å². The first-order chi connectivity index (χ1) is 8.58. The Balaban J connectivity index is 2.86. The molecule has 4 nitrogen and oxygen atoms in total. The number of nitrogens with two attached hydrogens (primary N) is 1. The Bertz CT molecular complexity index is 409. The fourth-order valence-electron chi connectivity index (χ4n) is 1.64. The summed E-state index contributed by atoms with van der Waals surface area (Å²) in [5, 5.41) is 17.8. The first-order valence-corrected chi connectivity index (χ1v) is 6.01. The molecule has 6 heteroatoms. The topological polar surface area (TPSA) is 69.7 Å². The van der Waals surface area contributed by atoms with E-state index in [9.17, 15) is 4.39 Å². The zero-order valence-corrected chi connectivity index (χ0v) is 10.8. The van der Waals surface area contributed by atoms with Crippen LogP contribution in [0.5, 0.6) is 0 Å². The first kappa shape index (κ1) is 15.0. The van der Waals surface area contributed by atoms with Crippen LogP contribution in [0.3, 0.4) is 0 Å². The van der Waals surface area contributed by atoms with Gasteiger partial charge in [-0.15, -0.1) is 0 Å². The van der Waals surface area contributed by atoms with E-state index in [0.717, 1.165) is 0 Å². The Morgan fingerprint density at radius 1 is 1.28 bits per heavy atom. The number of nitrogens with zero attached hydrogens (tertiary/aromatic N) is 1. The zero-order valence-electron chi connectivity index (χ0n) is 9.97. The molecule has 0 amide bonds. The minimum absolute atomic E-state index is 0.0450. The summed E-state index contributed by atoms with van der Waals surface area (Å²) in [4.78, 5) is 1.97. The van der Waals surface area contributed by atoms with E-state index in [1.165, 1.54) is 12.1 Å². The maximum absolute atomic E-state index is 13.6. The highest BCUT2D eigenvalue weighted by molar-refractivity contribution is 7.80. The van der Waals surface area contributed by atoms with E-state index >= 15 is 0 Å². The molecule has 0 saturated carbocycles. The number of rotatable bonds is 7. The predicted octanol–water partition coefficient (Wildman–Crippen LogP) is 0.246. The quantitative estimate of drug-likeness (QED) is 0.621. The summed E-state index contributed by atoms with van der Waals surface area (Å²) in [5.74, 6) is -0.351. The molecular weight excluding hydrogens is 255 g/mol. The van der Waals surface area contributed by atoms with Crippen LogP contribution in [-0.4, -0.2) is 46.4 Å². The van der Waals surface area contributed by atoms with Gasteiger partial charge in [0.1, 0.15) is 10.8 Å². The number of benzene rings is 1. The van der Waals surface area contributed by atoms with Gasteiger partial charge in [0.05, 0.1) is 13.2 Å². The van der Waals surface area contributed by atoms with Crippen LogP contribution in [0.15, 0.2) is 18.2 Å². The Hall–Kier alpha value is -1.08. The predicted molar refractivity (Wildman–Crippen MR) is 71.7 cm³/mol. The molecule has 0 bridgehead atoms. The lowest BCUT2D eigenvalue weighted by atomic mass is 10.1. The molecule has 0 radical (unpaired) electrons. The number of aliphatic hydroxyl groups is 2. The lowest BCUT2D eigenvalue weighted by Gasteiger charge is -2.20. The monoisotopic (exact) mass is 272 g/mol. The molecule has 0 aliphatic rings. The molecule has 0 fully saturated rings. The molecule has 0 saturated heterocycles. The maximum Gasteiger partial charge on any atom is 0.127 e. The lowest BCUT2D eigenvalue weighted by Crippen LogP contribution is -2.29. The van der Waals surface area contributed by atoms with Crippen molar-refractivity contribution < 1.29 is 14.6 Å². The van der Waals surface area contributed by atoms with Gasteiger partial charge in [0.2, 0.25) is 0 Å². The van der Waals surface area contributed by atoms with Crippen molar-refractivity contribution in [1.82, 2.24) is 4.90 Å². The molecular formula is C12H17FN2O2S. The van der Waals surface area contributed by atoms with Crippen molar-refractivity contribution >= 4 is 17.2 Å². The first-order valence-electron chi connectivity index (χ1n) is 5.60. The fourth-order valence-corrected chi connectivity index (χ4v) is 1.77. The van der Waals surface area contributed by atoms with Crippen molar-refractivity contribution in [3.05, 3.63) is 35.1 Å². The van der Waals surface area contributed by atoms with E-state index in [1.807, 2.05) is 0 Å². The third-order valence-electron chi connectivity index (χ3n) is 2.56. The van der Waals surface area contributed by atoms with Crippen LogP contribution in [0, 0.1) is 5.82 Å². The molecule has 1 aromatic rings. The Morgan fingerprint density at radius 2 is 1.89 bits per heavy atom. The van der Waals surface area contributed by atoms with Gasteiger partial charge in [-0.1, -0.05) is 12.2 Å². The summed E-state index contributed by atoms with van der Waals surface area (Å²) in [7, 11) is 0. The molecule has 0 aromatic heterocycles. The number of hydrogen-bond donors (Lipinski definition) is 3. The summed E-state index contributed by atoms with van der Waals surface area (Å²) in [5.41, 5.74) is 6.55. The molecule has 1 rings (SSSR count). The average molecular weight is 272 g/mol. The molecule has 4 N–H and O–H groups in total. The Kier molecular flexibility index (Phi) is 6.14. The minimum atomic E-state index is -0.351. The SMILES string of the molecule is NC(=S)c1ccc(F)c(CN(CCO)CCO)c1. The second-order valence-electron chi connectivity index (χ2n) is 3.89. The minimum Gasteiger partial charge on any atom is -0.395 e. The number of thiocarbonyl (C=S) groups is 1. The Labute approximate surface area is 111 Å². The summed E-state index contributed by atoms with van der Waals surface area (Å²) in [6.07, 6.45) is 0. The molecule has 0 aliphatic heterocycles. The maximum atomic E-state index is 13.6. The summed E-state index contributed by atoms with van der Waals surface area (Å²) in [6.45, 7) is 0.950. The van der Waals surface area contributed by atoms with E-state index in [1.54, 1.807) is 11.0 Å². The number of hydrogen-bond acceptors (Lipinski definition) is 4. The van der Waals surface area contributed by atoms with Gasteiger partial charge in [-0.3, -0.25) is 4.90 Å². The van der Waals surface area contributed by atoms with E-state index in [2.05, 4.69) is 0 Å². The second-order valence-corrected chi connectivity index (χ2v) is 4.33. The van der Waals surface area contributed by atoms with E-state index in [-0.39, 0.29) is 24.0 Å². The van der Waals surface area contributed by atoms with Crippen LogP contribution < -0.4 is 5.73 Å². The van der Waals surface area contributed by atoms with Gasteiger partial charge < -0.3 is 15.9 Å². The van der Waals surface area contributed by atoms with Crippen LogP contribution in [0.1, 0.15) is 11.1 Å². The van der Waals surface area contributed by atoms with Gasteiger partial charge in [0.25, 0.3) is 0 Å². The highest BCUT2D eigenvalue weighted by atomic mass is 32.1. The molecule has 0 atom stereocenters. The van der Waals surface area contributed by atoms with Crippen LogP contribution in [-0.2, 0) is 6.54 Å². The van der Waals surface area contributed by atoms with Crippen LogP contribution in [0.25, 0.3) is 0 Å². The normalized spacial score (nSPS) is 10.9. The van der Waals surface area contributed by atoms with E-state index < -0.39 is 0 Å². The van der Waals surface area contributed by atoms with Gasteiger partial charge in [-0.2, -0.15) is 0 Å². The molecule has 100 valence electrons. The summed E-state index contributed by atoms with van der Waals surface area (Å²) < 4.78 is 13.6. The van der Waals surface area contributed by atoms with Crippen molar-refractivity contribution in [3.8, 4) is 0 Å². The van der Waals surface area contributed by atoms with Crippen LogP contribution >= 0.6 is 12.2 Å². The van der Waals surface area contributed by atoms with Gasteiger partial charge in [-0.25, -0.2) is 4.39 Å². The van der Waals surface area contributed by atoms with Crippen molar-refractivity contribution in [2.24, 2.45) is 5.73 Å². The molecule has 1 aromatic carbocycles. The largest absolute Gasteiger partial charge is 0.395 e. The number of halogens is 1. The third kappa shape index (κ3) is 4.30. The smallest absolute Gasteiger partial charge is 0.127 e. The van der Waals surface area contributed by atoms with Crippen LogP contribution in [0.4, 0.5) is 4.39 Å². The molecule has 0 unspecified atom stereocenters. The molecule has 0 aliphatic carbocycles. The molecule has 0 spiro atoms. The highest BCUT2D eigenvalue weighted by Gasteiger charge is 2.10. The third-order valence-corrected chi connectivity index (χ3v) is 2.79. The van der Waals surface area contributed by atoms with Crippen molar-refractivity contribution in [1.29, 1.82) is 0 Å². The standard InChI is InChI=1S/C12H17FN2O2S/c13-11-2-1-9(12(14)18)7-10(11)8-15(3-5-16)4-6-17/h1-2,7,16-17H,3-6,8H2,(H2,14,18). The van der Waals surface area contributed by atoms with Crippen molar-refractivity contribution in [2.45, 2.75) is 6.54 Å². The van der Waals surface area contributed by atoms with Gasteiger partial charge >= 0.3 is 0 Å². The fraction of sp³-hybridized carbons (Fsp3) is 0.417. The zero-order chi connectivity index (χ0) is 13.5. The van der Waals surface area contributed by atoms with Gasteiger partial charge in [0.15, 0.2) is 0 Å². The van der Waals surface area contributed by atoms with Crippen LogP contribution in [0.2, 0.25) is 0 Å². The molecule has 18 heavy (non-hydrogen) atoms. The second kappa shape index (κ2) is 7.38.